The predicted molar refractivity (Wildman–Crippen MR) is 121 cm³/mol. The van der Waals surface area contributed by atoms with Crippen LogP contribution in [0.5, 0.6) is 0 Å². The third kappa shape index (κ3) is 4.06. The van der Waals surface area contributed by atoms with Gasteiger partial charge in [-0.1, -0.05) is 53.7 Å². The number of nitrogens with zero attached hydrogens (tertiary/aromatic N) is 2. The highest BCUT2D eigenvalue weighted by Crippen LogP contribution is 2.44. The van der Waals surface area contributed by atoms with Crippen LogP contribution < -0.4 is 5.73 Å². The first-order valence-electron chi connectivity index (χ1n) is 9.84. The van der Waals surface area contributed by atoms with Gasteiger partial charge in [-0.2, -0.15) is 0 Å². The van der Waals surface area contributed by atoms with Gasteiger partial charge in [0.15, 0.2) is 5.13 Å². The first kappa shape index (κ1) is 21.5. The van der Waals surface area contributed by atoms with Gasteiger partial charge in [0.25, 0.3) is 0 Å². The zero-order chi connectivity index (χ0) is 22.9. The third-order valence-corrected chi connectivity index (χ3v) is 5.86. The summed E-state index contributed by atoms with van der Waals surface area (Å²) in [6, 6.07) is 16.0. The number of nitrogens with two attached hydrogens (primary N) is 1. The quantitative estimate of drug-likeness (QED) is 0.319. The molecule has 0 unspecified atom stereocenters. The Bertz CT molecular complexity index is 1170. The second kappa shape index (κ2) is 8.43. The molecule has 0 atom stereocenters. The van der Waals surface area contributed by atoms with Crippen molar-refractivity contribution in [3.8, 4) is 11.1 Å². The van der Waals surface area contributed by atoms with E-state index in [1.165, 1.54) is 19.2 Å². The van der Waals surface area contributed by atoms with E-state index in [0.717, 1.165) is 33.6 Å². The molecule has 32 heavy (non-hydrogen) atoms. The van der Waals surface area contributed by atoms with Crippen molar-refractivity contribution >= 4 is 34.1 Å². The minimum Gasteiger partial charge on any atom is -0.478 e. The number of rotatable bonds is 7. The van der Waals surface area contributed by atoms with Crippen molar-refractivity contribution in [2.75, 3.05) is 12.3 Å². The van der Waals surface area contributed by atoms with E-state index in [1.54, 1.807) is 0 Å². The summed E-state index contributed by atoms with van der Waals surface area (Å²) in [5.74, 6) is -2.14. The number of carbonyl (C=O) groups is 2. The fraction of sp³-hybridized carbons (Fsp3) is 0.217. The number of esters is 1. The highest BCUT2D eigenvalue weighted by Gasteiger charge is 2.33. The van der Waals surface area contributed by atoms with E-state index < -0.39 is 17.5 Å². The van der Waals surface area contributed by atoms with E-state index in [0.29, 0.717) is 0 Å². The van der Waals surface area contributed by atoms with Gasteiger partial charge < -0.3 is 20.4 Å². The lowest BCUT2D eigenvalue weighted by atomic mass is 9.98. The van der Waals surface area contributed by atoms with E-state index in [4.69, 9.17) is 15.3 Å². The molecule has 164 valence electrons. The van der Waals surface area contributed by atoms with Gasteiger partial charge in [0.1, 0.15) is 12.3 Å². The molecule has 0 amide bonds. The van der Waals surface area contributed by atoms with Crippen molar-refractivity contribution in [2.24, 2.45) is 5.16 Å². The van der Waals surface area contributed by atoms with E-state index >= 15 is 0 Å². The minimum absolute atomic E-state index is 0.0772. The van der Waals surface area contributed by atoms with Gasteiger partial charge >= 0.3 is 11.9 Å². The van der Waals surface area contributed by atoms with Crippen molar-refractivity contribution in [3.63, 3.8) is 0 Å². The van der Waals surface area contributed by atoms with Crippen LogP contribution in [0.2, 0.25) is 0 Å². The van der Waals surface area contributed by atoms with Crippen LogP contribution in [0.15, 0.2) is 59.1 Å². The fourth-order valence-electron chi connectivity index (χ4n) is 3.45. The van der Waals surface area contributed by atoms with E-state index in [2.05, 4.69) is 10.1 Å². The number of carboxylic acids is 1. The second-order valence-electron chi connectivity index (χ2n) is 7.74. The lowest BCUT2D eigenvalue weighted by molar-refractivity contribution is -0.161. The molecular formula is C23H21N3O5S. The molecule has 1 aliphatic carbocycles. The molecule has 0 bridgehead atoms. The van der Waals surface area contributed by atoms with Crippen LogP contribution in [0.25, 0.3) is 11.1 Å². The Kier molecular flexibility index (Phi) is 5.67. The number of aliphatic carboxylic acids is 1. The normalized spacial score (nSPS) is 13.4. The molecule has 4 rings (SSSR count). The van der Waals surface area contributed by atoms with Crippen LogP contribution in [-0.4, -0.2) is 39.9 Å². The van der Waals surface area contributed by atoms with Gasteiger partial charge in [0.05, 0.1) is 0 Å². The van der Waals surface area contributed by atoms with Crippen LogP contribution in [0.1, 0.15) is 36.6 Å². The molecule has 3 aromatic rings. The second-order valence-corrected chi connectivity index (χ2v) is 8.63. The number of anilines is 1. The summed E-state index contributed by atoms with van der Waals surface area (Å²) in [7, 11) is 0. The number of fused-ring (bicyclic) bond motifs is 3. The summed E-state index contributed by atoms with van der Waals surface area (Å²) in [6.45, 7) is 2.72. The monoisotopic (exact) mass is 451 g/mol. The molecule has 0 spiro atoms. The summed E-state index contributed by atoms with van der Waals surface area (Å²) >= 11 is 1.12. The van der Waals surface area contributed by atoms with Crippen LogP contribution in [0.3, 0.4) is 0 Å². The van der Waals surface area contributed by atoms with Crippen molar-refractivity contribution in [2.45, 2.75) is 25.4 Å². The van der Waals surface area contributed by atoms with E-state index in [-0.39, 0.29) is 29.1 Å². The molecule has 2 aromatic carbocycles. The number of carboxylic acid groups (broad SMARTS) is 1. The topological polar surface area (TPSA) is 124 Å². The van der Waals surface area contributed by atoms with Crippen LogP contribution >= 0.6 is 11.3 Å². The predicted octanol–water partition coefficient (Wildman–Crippen LogP) is 3.66. The summed E-state index contributed by atoms with van der Waals surface area (Å²) in [6.07, 6.45) is 0. The molecule has 0 radical (unpaired) electrons. The van der Waals surface area contributed by atoms with Crippen LogP contribution in [0.4, 0.5) is 5.13 Å². The number of carbonyl (C=O) groups excluding carboxylic acids is 1. The van der Waals surface area contributed by atoms with Crippen molar-refractivity contribution in [1.29, 1.82) is 0 Å². The molecular weight excluding hydrogens is 430 g/mol. The maximum absolute atomic E-state index is 13.0. The SMILES string of the molecule is CC(C)(ON=C(C(=O)OCC1c2ccccc2-c2ccccc21)c1csc(N)n1)C(=O)O. The number of ether oxygens (including phenoxy) is 1. The largest absolute Gasteiger partial charge is 0.478 e. The Morgan fingerprint density at radius 1 is 1.12 bits per heavy atom. The van der Waals surface area contributed by atoms with Gasteiger partial charge in [0.2, 0.25) is 11.3 Å². The van der Waals surface area contributed by atoms with Gasteiger partial charge in [-0.05, 0) is 36.1 Å². The Morgan fingerprint density at radius 3 is 2.25 bits per heavy atom. The Morgan fingerprint density at radius 2 is 1.72 bits per heavy atom. The molecule has 1 aliphatic rings. The average molecular weight is 452 g/mol. The number of thiazole rings is 1. The number of nitrogen functional groups attached to an aromatic ring is 1. The first-order chi connectivity index (χ1) is 15.3. The molecule has 1 aromatic heterocycles. The third-order valence-electron chi connectivity index (χ3n) is 5.18. The zero-order valence-electron chi connectivity index (χ0n) is 17.4. The van der Waals surface area contributed by atoms with Gasteiger partial charge in [0, 0.05) is 11.3 Å². The zero-order valence-corrected chi connectivity index (χ0v) is 18.3. The highest BCUT2D eigenvalue weighted by atomic mass is 32.1. The van der Waals surface area contributed by atoms with Gasteiger partial charge in [-0.15, -0.1) is 11.3 Å². The maximum Gasteiger partial charge on any atom is 0.362 e. The Balaban J connectivity index is 1.59. The van der Waals surface area contributed by atoms with Crippen LogP contribution in [-0.2, 0) is 19.2 Å². The van der Waals surface area contributed by atoms with Gasteiger partial charge in [-0.3, -0.25) is 0 Å². The summed E-state index contributed by atoms with van der Waals surface area (Å²) < 4.78 is 5.62. The number of oxime groups is 1. The van der Waals surface area contributed by atoms with E-state index in [1.807, 2.05) is 48.5 Å². The maximum atomic E-state index is 13.0. The molecule has 0 fully saturated rings. The van der Waals surface area contributed by atoms with E-state index in [9.17, 15) is 14.7 Å². The lowest BCUT2D eigenvalue weighted by Crippen LogP contribution is -2.34. The highest BCUT2D eigenvalue weighted by molar-refractivity contribution is 7.13. The minimum atomic E-state index is -1.64. The first-order valence-corrected chi connectivity index (χ1v) is 10.7. The number of aromatic nitrogens is 1. The summed E-state index contributed by atoms with van der Waals surface area (Å²) in [5, 5.41) is 14.8. The van der Waals surface area contributed by atoms with Crippen molar-refractivity contribution in [3.05, 3.63) is 70.7 Å². The van der Waals surface area contributed by atoms with Gasteiger partial charge in [-0.25, -0.2) is 14.6 Å². The van der Waals surface area contributed by atoms with Crippen molar-refractivity contribution < 1.29 is 24.3 Å². The lowest BCUT2D eigenvalue weighted by Gasteiger charge is -2.17. The standard InChI is InChI=1S/C23H21N3O5S/c1-23(2,21(28)29)31-26-19(18-12-32-22(24)25-18)20(27)30-11-17-15-9-5-3-7-13(15)14-8-4-6-10-16(14)17/h3-10,12,17H,11H2,1-2H3,(H2,24,25)(H,28,29). The fourth-order valence-corrected chi connectivity index (χ4v) is 4.00. The summed E-state index contributed by atoms with van der Waals surface area (Å²) in [4.78, 5) is 33.5. The van der Waals surface area contributed by atoms with Crippen LogP contribution in [0, 0.1) is 0 Å². The number of hydrogen-bond donors (Lipinski definition) is 2. The Hall–Kier alpha value is -3.72. The molecule has 3 N–H and O–H groups in total. The molecule has 0 saturated carbocycles. The smallest absolute Gasteiger partial charge is 0.362 e. The molecule has 0 aliphatic heterocycles. The Labute approximate surface area is 188 Å². The van der Waals surface area contributed by atoms with Crippen molar-refractivity contribution in [1.82, 2.24) is 4.98 Å². The average Bonchev–Trinajstić information content (AvgIpc) is 3.33. The number of benzene rings is 2. The molecule has 9 heteroatoms. The summed E-state index contributed by atoms with van der Waals surface area (Å²) in [5.41, 5.74) is 8.32. The molecule has 8 nitrogen and oxygen atoms in total. The number of hydrogen-bond acceptors (Lipinski definition) is 8. The molecule has 0 saturated heterocycles. The molecule has 1 heterocycles.